The van der Waals surface area contributed by atoms with Crippen molar-refractivity contribution in [3.05, 3.63) is 35.5 Å². The first-order chi connectivity index (χ1) is 11.1. The zero-order valence-corrected chi connectivity index (χ0v) is 14.0. The Hall–Kier alpha value is -1.81. The quantitative estimate of drug-likeness (QED) is 0.926. The molecule has 2 aromatic rings. The van der Waals surface area contributed by atoms with E-state index in [0.29, 0.717) is 12.0 Å². The first-order valence-electron chi connectivity index (χ1n) is 8.72. The average Bonchev–Trinajstić information content (AvgIpc) is 2.82. The van der Waals surface area contributed by atoms with E-state index >= 15 is 0 Å². The van der Waals surface area contributed by atoms with Crippen molar-refractivity contribution in [2.24, 2.45) is 13.0 Å². The molecule has 2 bridgehead atoms. The lowest BCUT2D eigenvalue weighted by molar-refractivity contribution is 0.0739. The second-order valence-electron chi connectivity index (χ2n) is 7.11. The summed E-state index contributed by atoms with van der Waals surface area (Å²) in [5, 5.41) is 4.42. The molecule has 2 aliphatic heterocycles. The van der Waals surface area contributed by atoms with Crippen molar-refractivity contribution in [1.29, 1.82) is 0 Å². The Balaban J connectivity index is 1.61. The molecule has 0 spiro atoms. The number of benzene rings is 1. The molecule has 4 heteroatoms. The van der Waals surface area contributed by atoms with Crippen LogP contribution in [0.4, 0.5) is 0 Å². The molecule has 1 N–H and O–H groups in total. The largest absolute Gasteiger partial charge is 0.349 e. The highest BCUT2D eigenvalue weighted by Crippen LogP contribution is 2.28. The van der Waals surface area contributed by atoms with Crippen molar-refractivity contribution < 1.29 is 4.79 Å². The number of fused-ring (bicyclic) bond motifs is 3. The summed E-state index contributed by atoms with van der Waals surface area (Å²) in [4.78, 5) is 15.5. The van der Waals surface area contributed by atoms with Crippen molar-refractivity contribution in [1.82, 2.24) is 14.8 Å². The lowest BCUT2D eigenvalue weighted by atomic mass is 9.85. The molecule has 0 aliphatic carbocycles. The summed E-state index contributed by atoms with van der Waals surface area (Å²) in [6, 6.07) is 8.51. The number of carbonyl (C=O) groups excluding carboxylic acids is 1. The molecule has 4 nitrogen and oxygen atoms in total. The van der Waals surface area contributed by atoms with Crippen LogP contribution in [-0.2, 0) is 7.05 Å². The third-order valence-electron chi connectivity index (χ3n) is 5.81. The molecule has 0 radical (unpaired) electrons. The van der Waals surface area contributed by atoms with Gasteiger partial charge >= 0.3 is 0 Å². The van der Waals surface area contributed by atoms with Crippen molar-refractivity contribution in [2.45, 2.75) is 32.2 Å². The number of nitrogens with one attached hydrogen (secondary N) is 1. The van der Waals surface area contributed by atoms with E-state index < -0.39 is 0 Å². The highest BCUT2D eigenvalue weighted by molar-refractivity contribution is 6.08. The van der Waals surface area contributed by atoms with Crippen LogP contribution in [0.5, 0.6) is 0 Å². The number of aromatic nitrogens is 1. The van der Waals surface area contributed by atoms with Crippen LogP contribution in [0.2, 0.25) is 0 Å². The normalized spacial score (nSPS) is 27.1. The molecule has 0 saturated carbocycles. The van der Waals surface area contributed by atoms with Gasteiger partial charge in [0.25, 0.3) is 5.91 Å². The number of hydrogen-bond acceptors (Lipinski definition) is 2. The fourth-order valence-corrected chi connectivity index (χ4v) is 4.42. The Labute approximate surface area is 137 Å². The summed E-state index contributed by atoms with van der Waals surface area (Å²) >= 11 is 0. The first-order valence-corrected chi connectivity index (χ1v) is 8.72. The van der Waals surface area contributed by atoms with Crippen molar-refractivity contribution >= 4 is 16.8 Å². The van der Waals surface area contributed by atoms with E-state index in [-0.39, 0.29) is 5.91 Å². The number of para-hydroxylation sites is 1. The Morgan fingerprint density at radius 2 is 2.04 bits per heavy atom. The molecule has 1 amide bonds. The molecule has 23 heavy (non-hydrogen) atoms. The average molecular weight is 311 g/mol. The standard InChI is InChI=1S/C19H25N3O/c1-13-18(15-7-3-4-8-17(15)21(13)2)19(23)20-16-9-11-22-10-5-6-14(16)12-22/h3-4,7-8,14,16H,5-6,9-12H2,1-2H3,(H,20,23). The summed E-state index contributed by atoms with van der Waals surface area (Å²) in [6.45, 7) is 5.55. The number of nitrogens with zero attached hydrogens (tertiary/aromatic N) is 2. The van der Waals surface area contributed by atoms with E-state index in [4.69, 9.17) is 0 Å². The van der Waals surface area contributed by atoms with Gasteiger partial charge in [0.15, 0.2) is 0 Å². The topological polar surface area (TPSA) is 37.3 Å². The van der Waals surface area contributed by atoms with Gasteiger partial charge < -0.3 is 14.8 Å². The second-order valence-corrected chi connectivity index (χ2v) is 7.11. The minimum atomic E-state index is 0.100. The van der Waals surface area contributed by atoms with E-state index in [1.165, 1.54) is 19.4 Å². The third-order valence-corrected chi connectivity index (χ3v) is 5.81. The molecule has 2 aliphatic rings. The minimum Gasteiger partial charge on any atom is -0.349 e. The van der Waals surface area contributed by atoms with Gasteiger partial charge in [-0.15, -0.1) is 0 Å². The molecule has 4 rings (SSSR count). The zero-order chi connectivity index (χ0) is 16.0. The third kappa shape index (κ3) is 2.45. The minimum absolute atomic E-state index is 0.100. The molecule has 2 fully saturated rings. The Morgan fingerprint density at radius 3 is 2.91 bits per heavy atom. The van der Waals surface area contributed by atoms with Crippen molar-refractivity contribution in [2.75, 3.05) is 19.6 Å². The van der Waals surface area contributed by atoms with Crippen LogP contribution in [0.25, 0.3) is 10.9 Å². The van der Waals surface area contributed by atoms with E-state index in [0.717, 1.165) is 41.7 Å². The smallest absolute Gasteiger partial charge is 0.253 e. The molecule has 1 aromatic carbocycles. The van der Waals surface area contributed by atoms with Crippen LogP contribution >= 0.6 is 0 Å². The SMILES string of the molecule is Cc1c(C(=O)NC2CCN3CCCC2C3)c2ccccc2n1C. The van der Waals surface area contributed by atoms with E-state index in [1.807, 2.05) is 26.1 Å². The number of hydrogen-bond donors (Lipinski definition) is 1. The van der Waals surface area contributed by atoms with Crippen molar-refractivity contribution in [3.8, 4) is 0 Å². The number of carbonyl (C=O) groups is 1. The predicted molar refractivity (Wildman–Crippen MR) is 92.7 cm³/mol. The molecule has 3 heterocycles. The van der Waals surface area contributed by atoms with E-state index in [1.54, 1.807) is 0 Å². The maximum Gasteiger partial charge on any atom is 0.253 e. The highest BCUT2D eigenvalue weighted by atomic mass is 16.1. The summed E-state index contributed by atoms with van der Waals surface area (Å²) < 4.78 is 2.12. The van der Waals surface area contributed by atoms with Crippen LogP contribution in [0.3, 0.4) is 0 Å². The van der Waals surface area contributed by atoms with Crippen LogP contribution in [0.1, 0.15) is 35.3 Å². The molecule has 3 atom stereocenters. The second kappa shape index (κ2) is 5.68. The maximum absolute atomic E-state index is 13.0. The molecule has 1 aromatic heterocycles. The fourth-order valence-electron chi connectivity index (χ4n) is 4.42. The van der Waals surface area contributed by atoms with Crippen LogP contribution in [-0.4, -0.2) is 41.1 Å². The van der Waals surface area contributed by atoms with Gasteiger partial charge in [0, 0.05) is 42.8 Å². The van der Waals surface area contributed by atoms with Gasteiger partial charge in [-0.25, -0.2) is 0 Å². The lowest BCUT2D eigenvalue weighted by Gasteiger charge is -2.42. The van der Waals surface area contributed by atoms with Gasteiger partial charge in [0.05, 0.1) is 5.56 Å². The van der Waals surface area contributed by atoms with Gasteiger partial charge in [-0.1, -0.05) is 18.2 Å². The summed E-state index contributed by atoms with van der Waals surface area (Å²) in [5.41, 5.74) is 3.02. The summed E-state index contributed by atoms with van der Waals surface area (Å²) in [5.74, 6) is 0.722. The van der Waals surface area contributed by atoms with Gasteiger partial charge in [-0.05, 0) is 44.7 Å². The fraction of sp³-hybridized carbons (Fsp3) is 0.526. The summed E-state index contributed by atoms with van der Waals surface area (Å²) in [6.07, 6.45) is 3.60. The van der Waals surface area contributed by atoms with E-state index in [9.17, 15) is 4.79 Å². The van der Waals surface area contributed by atoms with Crippen molar-refractivity contribution in [3.63, 3.8) is 0 Å². The molecule has 122 valence electrons. The number of piperidine rings is 2. The van der Waals surface area contributed by atoms with E-state index in [2.05, 4.69) is 26.9 Å². The number of amides is 1. The monoisotopic (exact) mass is 311 g/mol. The van der Waals surface area contributed by atoms with Crippen LogP contribution in [0, 0.1) is 12.8 Å². The number of rotatable bonds is 2. The Bertz CT molecular complexity index is 748. The predicted octanol–water partition coefficient (Wildman–Crippen LogP) is 2.70. The molecular weight excluding hydrogens is 286 g/mol. The van der Waals surface area contributed by atoms with Gasteiger partial charge in [0.2, 0.25) is 0 Å². The number of aryl methyl sites for hydroxylation is 1. The van der Waals surface area contributed by atoms with Gasteiger partial charge in [0.1, 0.15) is 0 Å². The van der Waals surface area contributed by atoms with Crippen LogP contribution in [0.15, 0.2) is 24.3 Å². The molecular formula is C19H25N3O. The van der Waals surface area contributed by atoms with Gasteiger partial charge in [-0.2, -0.15) is 0 Å². The lowest BCUT2D eigenvalue weighted by Crippen LogP contribution is -2.53. The maximum atomic E-state index is 13.0. The van der Waals surface area contributed by atoms with Crippen LogP contribution < -0.4 is 5.32 Å². The highest BCUT2D eigenvalue weighted by Gasteiger charge is 2.33. The Kier molecular flexibility index (Phi) is 3.64. The zero-order valence-electron chi connectivity index (χ0n) is 14.0. The first kappa shape index (κ1) is 14.8. The Morgan fingerprint density at radius 1 is 1.22 bits per heavy atom. The van der Waals surface area contributed by atoms with Gasteiger partial charge in [-0.3, -0.25) is 4.79 Å². The summed E-state index contributed by atoms with van der Waals surface area (Å²) in [7, 11) is 2.04. The molecule has 2 saturated heterocycles. The molecule has 3 unspecified atom stereocenters.